The van der Waals surface area contributed by atoms with Gasteiger partial charge in [-0.25, -0.2) is 8.42 Å². The number of methoxy groups -OCH3 is 1. The number of hydrogen-bond acceptors (Lipinski definition) is 4. The number of benzene rings is 2. The largest absolute Gasteiger partial charge is 0.495 e. The van der Waals surface area contributed by atoms with Crippen molar-refractivity contribution in [3.8, 4) is 11.8 Å². The Bertz CT molecular complexity index is 793. The summed E-state index contributed by atoms with van der Waals surface area (Å²) in [5, 5.41) is 9.40. The average molecular weight is 322 g/mol. The lowest BCUT2D eigenvalue weighted by atomic mass is 10.1. The van der Waals surface area contributed by atoms with Crippen molar-refractivity contribution in [1.82, 2.24) is 0 Å². The fourth-order valence-electron chi connectivity index (χ4n) is 1.86. The van der Waals surface area contributed by atoms with E-state index in [4.69, 9.17) is 21.6 Å². The molecule has 108 valence electrons. The van der Waals surface area contributed by atoms with Gasteiger partial charge in [0.1, 0.15) is 11.8 Å². The fraction of sp³-hybridized carbons (Fsp3) is 0.133. The van der Waals surface area contributed by atoms with Crippen molar-refractivity contribution < 1.29 is 13.2 Å². The number of halogens is 1. The average Bonchev–Trinajstić information content (AvgIpc) is 2.47. The molecule has 4 nitrogen and oxygen atoms in total. The van der Waals surface area contributed by atoms with Crippen molar-refractivity contribution in [3.05, 3.63) is 58.6 Å². The maximum absolute atomic E-state index is 12.3. The summed E-state index contributed by atoms with van der Waals surface area (Å²) in [4.78, 5) is 0.204. The molecule has 0 unspecified atom stereocenters. The molecular formula is C15H12ClNO3S. The van der Waals surface area contributed by atoms with Gasteiger partial charge in [0.2, 0.25) is 0 Å². The topological polar surface area (TPSA) is 67.2 Å². The van der Waals surface area contributed by atoms with Gasteiger partial charge in [0.05, 0.1) is 23.3 Å². The van der Waals surface area contributed by atoms with Crippen molar-refractivity contribution in [1.29, 1.82) is 5.26 Å². The molecule has 21 heavy (non-hydrogen) atoms. The van der Waals surface area contributed by atoms with Gasteiger partial charge in [0.15, 0.2) is 9.84 Å². The molecule has 0 atom stereocenters. The van der Waals surface area contributed by atoms with Crippen LogP contribution in [-0.4, -0.2) is 15.5 Å². The predicted molar refractivity (Wildman–Crippen MR) is 80.1 cm³/mol. The smallest absolute Gasteiger partial charge is 0.182 e. The normalized spacial score (nSPS) is 10.9. The predicted octanol–water partition coefficient (Wildman–Crippen LogP) is 3.19. The third-order valence-electron chi connectivity index (χ3n) is 2.92. The van der Waals surface area contributed by atoms with Crippen LogP contribution in [0.4, 0.5) is 0 Å². The van der Waals surface area contributed by atoms with Crippen LogP contribution in [-0.2, 0) is 15.6 Å². The summed E-state index contributed by atoms with van der Waals surface area (Å²) in [6.45, 7) is 0. The van der Waals surface area contributed by atoms with E-state index in [1.807, 2.05) is 6.07 Å². The molecule has 0 aliphatic rings. The second-order valence-corrected chi connectivity index (χ2v) is 6.79. The van der Waals surface area contributed by atoms with Gasteiger partial charge in [-0.3, -0.25) is 0 Å². The van der Waals surface area contributed by atoms with Gasteiger partial charge in [-0.05, 0) is 42.0 Å². The van der Waals surface area contributed by atoms with E-state index in [2.05, 4.69) is 0 Å². The van der Waals surface area contributed by atoms with Gasteiger partial charge < -0.3 is 4.74 Å². The van der Waals surface area contributed by atoms with Crippen LogP contribution in [0.15, 0.2) is 47.4 Å². The lowest BCUT2D eigenvalue weighted by Gasteiger charge is -2.08. The number of rotatable bonds is 4. The highest BCUT2D eigenvalue weighted by Gasteiger charge is 2.16. The highest BCUT2D eigenvalue weighted by Crippen LogP contribution is 2.23. The molecule has 0 aliphatic heterocycles. The van der Waals surface area contributed by atoms with Crippen LogP contribution in [0.5, 0.6) is 5.75 Å². The summed E-state index contributed by atoms with van der Waals surface area (Å²) in [5.41, 5.74) is 0.922. The van der Waals surface area contributed by atoms with Gasteiger partial charge >= 0.3 is 0 Å². The summed E-state index contributed by atoms with van der Waals surface area (Å²) in [7, 11) is -2.03. The number of nitrogens with zero attached hydrogens (tertiary/aromatic N) is 1. The van der Waals surface area contributed by atoms with Gasteiger partial charge in [0.25, 0.3) is 0 Å². The molecule has 0 aliphatic carbocycles. The number of sulfone groups is 1. The molecule has 0 aromatic heterocycles. The van der Waals surface area contributed by atoms with Gasteiger partial charge in [-0.1, -0.05) is 17.7 Å². The molecule has 0 fully saturated rings. The van der Waals surface area contributed by atoms with Crippen LogP contribution in [0.2, 0.25) is 5.02 Å². The first kappa shape index (κ1) is 15.4. The molecular weight excluding hydrogens is 310 g/mol. The van der Waals surface area contributed by atoms with Gasteiger partial charge in [-0.15, -0.1) is 0 Å². The van der Waals surface area contributed by atoms with Crippen molar-refractivity contribution in [3.63, 3.8) is 0 Å². The Balaban J connectivity index is 2.33. The van der Waals surface area contributed by atoms with Crippen molar-refractivity contribution in [2.45, 2.75) is 10.6 Å². The standard InChI is InChI=1S/C15H12ClNO3S/c1-20-15-8-11(2-3-12(15)9-17)10-21(18,19)14-6-4-13(16)5-7-14/h2-8H,10H2,1H3. The molecule has 6 heteroatoms. The molecule has 0 N–H and O–H groups in total. The van der Waals surface area contributed by atoms with Crippen molar-refractivity contribution in [2.75, 3.05) is 7.11 Å². The first-order valence-corrected chi connectivity index (χ1v) is 8.04. The minimum absolute atomic E-state index is 0.170. The van der Waals surface area contributed by atoms with Crippen LogP contribution in [0.25, 0.3) is 0 Å². The molecule has 0 bridgehead atoms. The second-order valence-electron chi connectivity index (χ2n) is 4.36. The SMILES string of the molecule is COc1cc(CS(=O)(=O)c2ccc(Cl)cc2)ccc1C#N. The Morgan fingerprint density at radius 1 is 1.19 bits per heavy atom. The van der Waals surface area contributed by atoms with Crippen molar-refractivity contribution in [2.24, 2.45) is 0 Å². The maximum atomic E-state index is 12.3. The summed E-state index contributed by atoms with van der Waals surface area (Å²) in [6.07, 6.45) is 0. The van der Waals surface area contributed by atoms with E-state index in [9.17, 15) is 8.42 Å². The molecule has 2 aromatic rings. The third kappa shape index (κ3) is 3.54. The van der Waals surface area contributed by atoms with Crippen LogP contribution in [0.3, 0.4) is 0 Å². The molecule has 0 heterocycles. The molecule has 2 aromatic carbocycles. The first-order chi connectivity index (χ1) is 9.96. The van der Waals surface area contributed by atoms with E-state index in [1.54, 1.807) is 18.2 Å². The van der Waals surface area contributed by atoms with E-state index < -0.39 is 9.84 Å². The van der Waals surface area contributed by atoms with Crippen LogP contribution in [0.1, 0.15) is 11.1 Å². The fourth-order valence-corrected chi connectivity index (χ4v) is 3.32. The Kier molecular flexibility index (Phi) is 4.51. The van der Waals surface area contributed by atoms with E-state index >= 15 is 0 Å². The summed E-state index contributed by atoms with van der Waals surface area (Å²) in [5.74, 6) is 0.192. The Labute approximate surface area is 128 Å². The molecule has 2 rings (SSSR count). The summed E-state index contributed by atoms with van der Waals surface area (Å²) >= 11 is 5.75. The zero-order chi connectivity index (χ0) is 15.5. The highest BCUT2D eigenvalue weighted by molar-refractivity contribution is 7.90. The molecule has 0 amide bonds. The Hall–Kier alpha value is -2.03. The third-order valence-corrected chi connectivity index (χ3v) is 4.87. The van der Waals surface area contributed by atoms with Gasteiger partial charge in [-0.2, -0.15) is 5.26 Å². The van der Waals surface area contributed by atoms with E-state index in [0.29, 0.717) is 21.9 Å². The van der Waals surface area contributed by atoms with Crippen LogP contribution < -0.4 is 4.74 Å². The number of nitriles is 1. The number of ether oxygens (including phenoxy) is 1. The van der Waals surface area contributed by atoms with Crippen LogP contribution in [0, 0.1) is 11.3 Å². The number of hydrogen-bond donors (Lipinski definition) is 0. The summed E-state index contributed by atoms with van der Waals surface area (Å²) in [6, 6.07) is 12.7. The van der Waals surface area contributed by atoms with Crippen LogP contribution >= 0.6 is 11.6 Å². The monoisotopic (exact) mass is 321 g/mol. The maximum Gasteiger partial charge on any atom is 0.182 e. The van der Waals surface area contributed by atoms with E-state index in [1.165, 1.54) is 31.4 Å². The summed E-state index contributed by atoms with van der Waals surface area (Å²) < 4.78 is 29.7. The quantitative estimate of drug-likeness (QED) is 0.867. The molecule has 0 radical (unpaired) electrons. The lowest BCUT2D eigenvalue weighted by Crippen LogP contribution is -2.05. The highest BCUT2D eigenvalue weighted by atomic mass is 35.5. The second kappa shape index (κ2) is 6.17. The Morgan fingerprint density at radius 3 is 2.43 bits per heavy atom. The minimum atomic E-state index is -3.47. The van der Waals surface area contributed by atoms with Crippen molar-refractivity contribution >= 4 is 21.4 Å². The lowest BCUT2D eigenvalue weighted by molar-refractivity contribution is 0.413. The van der Waals surface area contributed by atoms with Gasteiger partial charge in [0, 0.05) is 5.02 Å². The zero-order valence-corrected chi connectivity index (χ0v) is 12.8. The molecule has 0 saturated heterocycles. The van der Waals surface area contributed by atoms with E-state index in [0.717, 1.165) is 0 Å². The first-order valence-electron chi connectivity index (χ1n) is 6.01. The van der Waals surface area contributed by atoms with E-state index in [-0.39, 0.29) is 10.6 Å². The molecule has 0 saturated carbocycles. The molecule has 0 spiro atoms. The zero-order valence-electron chi connectivity index (χ0n) is 11.2. The minimum Gasteiger partial charge on any atom is -0.495 e. The Morgan fingerprint density at radius 2 is 1.86 bits per heavy atom.